The number of benzene rings is 1. The first-order valence-electron chi connectivity index (χ1n) is 6.35. The van der Waals surface area contributed by atoms with Crippen LogP contribution in [0.4, 0.5) is 11.4 Å². The van der Waals surface area contributed by atoms with Crippen molar-refractivity contribution in [2.75, 3.05) is 30.8 Å². The Morgan fingerprint density at radius 1 is 1.35 bits per heavy atom. The number of anilines is 2. The van der Waals surface area contributed by atoms with E-state index in [1.807, 2.05) is 12.1 Å². The van der Waals surface area contributed by atoms with Crippen molar-refractivity contribution in [3.63, 3.8) is 0 Å². The van der Waals surface area contributed by atoms with Crippen LogP contribution in [0.15, 0.2) is 18.2 Å². The fourth-order valence-electron chi connectivity index (χ4n) is 2.37. The van der Waals surface area contributed by atoms with Gasteiger partial charge in [-0.1, -0.05) is 0 Å². The fourth-order valence-corrected chi connectivity index (χ4v) is 2.37. The minimum absolute atomic E-state index is 0.371. The van der Waals surface area contributed by atoms with Gasteiger partial charge in [-0.15, -0.1) is 0 Å². The summed E-state index contributed by atoms with van der Waals surface area (Å²) in [6, 6.07) is 6.18. The predicted molar refractivity (Wildman–Crippen MR) is 72.5 cm³/mol. The third kappa shape index (κ3) is 3.37. The quantitative estimate of drug-likeness (QED) is 0.817. The van der Waals surface area contributed by atoms with Crippen LogP contribution >= 0.6 is 0 Å². The molecule has 0 aliphatic carbocycles. The van der Waals surface area contributed by atoms with Crippen molar-refractivity contribution < 1.29 is 4.74 Å². The molecule has 2 N–H and O–H groups in total. The number of hydrogen-bond donors (Lipinski definition) is 1. The second kappa shape index (κ2) is 5.41. The molecule has 0 saturated carbocycles. The van der Waals surface area contributed by atoms with Crippen LogP contribution in [0.25, 0.3) is 0 Å². The Balaban J connectivity index is 2.00. The molecule has 1 aliphatic rings. The second-order valence-corrected chi connectivity index (χ2v) is 4.97. The Kier molecular flexibility index (Phi) is 3.89. The molecule has 0 radical (unpaired) electrons. The highest BCUT2D eigenvalue weighted by Gasteiger charge is 2.16. The van der Waals surface area contributed by atoms with E-state index >= 15 is 0 Å². The standard InChI is InChI=1S/C14H22N2O/c1-11-7-12(15)9-13(8-11)16(2)10-14-5-3-4-6-17-14/h7-9,14H,3-6,10,15H2,1-2H3. The predicted octanol–water partition coefficient (Wildman–Crippen LogP) is 2.58. The van der Waals surface area contributed by atoms with E-state index in [0.29, 0.717) is 6.10 Å². The van der Waals surface area contributed by atoms with Crippen LogP contribution in [0.3, 0.4) is 0 Å². The maximum absolute atomic E-state index is 5.87. The molecule has 17 heavy (non-hydrogen) atoms. The lowest BCUT2D eigenvalue weighted by atomic mass is 10.1. The number of nitrogen functional groups attached to an aromatic ring is 1. The lowest BCUT2D eigenvalue weighted by Crippen LogP contribution is -2.33. The summed E-state index contributed by atoms with van der Waals surface area (Å²) in [5, 5.41) is 0. The molecular formula is C14H22N2O. The molecule has 1 heterocycles. The number of nitrogens with zero attached hydrogens (tertiary/aromatic N) is 1. The van der Waals surface area contributed by atoms with Crippen LogP contribution in [0.2, 0.25) is 0 Å². The summed E-state index contributed by atoms with van der Waals surface area (Å²) in [5.41, 5.74) is 9.08. The number of aryl methyl sites for hydroxylation is 1. The molecule has 0 bridgehead atoms. The molecule has 0 spiro atoms. The SMILES string of the molecule is Cc1cc(N)cc(N(C)CC2CCCCO2)c1. The molecular weight excluding hydrogens is 212 g/mol. The Morgan fingerprint density at radius 3 is 2.82 bits per heavy atom. The summed E-state index contributed by atoms with van der Waals surface area (Å²) in [5.74, 6) is 0. The molecule has 0 aromatic heterocycles. The molecule has 0 amide bonds. The average Bonchev–Trinajstić information content (AvgIpc) is 2.29. The van der Waals surface area contributed by atoms with E-state index in [-0.39, 0.29) is 0 Å². The van der Waals surface area contributed by atoms with Crippen molar-refractivity contribution in [3.8, 4) is 0 Å². The molecule has 3 heteroatoms. The van der Waals surface area contributed by atoms with E-state index in [1.54, 1.807) is 0 Å². The van der Waals surface area contributed by atoms with Gasteiger partial charge in [0.1, 0.15) is 0 Å². The van der Waals surface area contributed by atoms with Gasteiger partial charge in [0, 0.05) is 31.6 Å². The van der Waals surface area contributed by atoms with Crippen LogP contribution in [-0.2, 0) is 4.74 Å². The zero-order valence-corrected chi connectivity index (χ0v) is 10.8. The largest absolute Gasteiger partial charge is 0.399 e. The summed E-state index contributed by atoms with van der Waals surface area (Å²) < 4.78 is 5.76. The summed E-state index contributed by atoms with van der Waals surface area (Å²) in [4.78, 5) is 2.24. The van der Waals surface area contributed by atoms with Gasteiger partial charge in [0.15, 0.2) is 0 Å². The van der Waals surface area contributed by atoms with E-state index in [2.05, 4.69) is 24.9 Å². The molecule has 1 unspecified atom stereocenters. The van der Waals surface area contributed by atoms with Crippen molar-refractivity contribution in [1.29, 1.82) is 0 Å². The van der Waals surface area contributed by atoms with Crippen LogP contribution in [0, 0.1) is 6.92 Å². The van der Waals surface area contributed by atoms with Gasteiger partial charge >= 0.3 is 0 Å². The molecule has 1 aromatic rings. The highest BCUT2D eigenvalue weighted by Crippen LogP contribution is 2.21. The number of hydrogen-bond acceptors (Lipinski definition) is 3. The Morgan fingerprint density at radius 2 is 2.18 bits per heavy atom. The van der Waals surface area contributed by atoms with E-state index in [9.17, 15) is 0 Å². The van der Waals surface area contributed by atoms with E-state index in [1.165, 1.54) is 30.5 Å². The summed E-state index contributed by atoms with van der Waals surface area (Å²) in [7, 11) is 2.10. The number of nitrogens with two attached hydrogens (primary N) is 1. The molecule has 1 aromatic carbocycles. The van der Waals surface area contributed by atoms with Crippen molar-refractivity contribution in [2.24, 2.45) is 0 Å². The molecule has 2 rings (SSSR count). The van der Waals surface area contributed by atoms with Crippen LogP contribution in [0.1, 0.15) is 24.8 Å². The lowest BCUT2D eigenvalue weighted by Gasteiger charge is -2.29. The van der Waals surface area contributed by atoms with Gasteiger partial charge in [0.2, 0.25) is 0 Å². The smallest absolute Gasteiger partial charge is 0.0749 e. The topological polar surface area (TPSA) is 38.5 Å². The maximum atomic E-state index is 5.87. The van der Waals surface area contributed by atoms with Gasteiger partial charge < -0.3 is 15.4 Å². The Hall–Kier alpha value is -1.22. The Labute approximate surface area is 104 Å². The van der Waals surface area contributed by atoms with Crippen LogP contribution < -0.4 is 10.6 Å². The van der Waals surface area contributed by atoms with Gasteiger partial charge in [0.25, 0.3) is 0 Å². The highest BCUT2D eigenvalue weighted by atomic mass is 16.5. The monoisotopic (exact) mass is 234 g/mol. The first-order valence-corrected chi connectivity index (χ1v) is 6.35. The van der Waals surface area contributed by atoms with E-state index < -0.39 is 0 Å². The van der Waals surface area contributed by atoms with Crippen molar-refractivity contribution in [2.45, 2.75) is 32.3 Å². The van der Waals surface area contributed by atoms with Crippen molar-refractivity contribution in [3.05, 3.63) is 23.8 Å². The first kappa shape index (κ1) is 12.2. The van der Waals surface area contributed by atoms with E-state index in [0.717, 1.165) is 18.8 Å². The van der Waals surface area contributed by atoms with Crippen LogP contribution in [0.5, 0.6) is 0 Å². The first-order chi connectivity index (χ1) is 8.15. The van der Waals surface area contributed by atoms with Crippen LogP contribution in [-0.4, -0.2) is 26.3 Å². The summed E-state index contributed by atoms with van der Waals surface area (Å²) in [6.07, 6.45) is 4.04. The zero-order valence-electron chi connectivity index (χ0n) is 10.8. The molecule has 1 fully saturated rings. The normalized spacial score (nSPS) is 20.2. The van der Waals surface area contributed by atoms with E-state index in [4.69, 9.17) is 10.5 Å². The molecule has 94 valence electrons. The minimum atomic E-state index is 0.371. The second-order valence-electron chi connectivity index (χ2n) is 4.97. The van der Waals surface area contributed by atoms with Gasteiger partial charge in [-0.3, -0.25) is 0 Å². The maximum Gasteiger partial charge on any atom is 0.0749 e. The fraction of sp³-hybridized carbons (Fsp3) is 0.571. The van der Waals surface area contributed by atoms with Crippen molar-refractivity contribution >= 4 is 11.4 Å². The van der Waals surface area contributed by atoms with Gasteiger partial charge in [-0.2, -0.15) is 0 Å². The highest BCUT2D eigenvalue weighted by molar-refractivity contribution is 5.58. The lowest BCUT2D eigenvalue weighted by molar-refractivity contribution is 0.0216. The molecule has 3 nitrogen and oxygen atoms in total. The number of ether oxygens (including phenoxy) is 1. The summed E-state index contributed by atoms with van der Waals surface area (Å²) in [6.45, 7) is 3.93. The van der Waals surface area contributed by atoms with Gasteiger partial charge in [0.05, 0.1) is 6.10 Å². The third-order valence-electron chi connectivity index (χ3n) is 3.28. The minimum Gasteiger partial charge on any atom is -0.399 e. The Bertz CT molecular complexity index is 352. The molecule has 1 saturated heterocycles. The summed E-state index contributed by atoms with van der Waals surface area (Å²) >= 11 is 0. The van der Waals surface area contributed by atoms with Gasteiger partial charge in [-0.25, -0.2) is 0 Å². The van der Waals surface area contributed by atoms with Gasteiger partial charge in [-0.05, 0) is 49.9 Å². The average molecular weight is 234 g/mol. The number of likely N-dealkylation sites (N-methyl/N-ethyl adjacent to an activating group) is 1. The molecule has 1 aliphatic heterocycles. The number of rotatable bonds is 3. The zero-order chi connectivity index (χ0) is 12.3. The molecule has 1 atom stereocenters. The third-order valence-corrected chi connectivity index (χ3v) is 3.28. The van der Waals surface area contributed by atoms with Crippen molar-refractivity contribution in [1.82, 2.24) is 0 Å².